The standard InChI is InChI=1S/C13H16FN3/c1-3-17-9-8-15-13(17)16-10(2)11-6-4-5-7-12(11)14/h4-10H,3H2,1-2H3,(H,15,16). The van der Waals surface area contributed by atoms with E-state index in [0.717, 1.165) is 12.5 Å². The van der Waals surface area contributed by atoms with Gasteiger partial charge in [-0.2, -0.15) is 0 Å². The van der Waals surface area contributed by atoms with E-state index < -0.39 is 0 Å². The third kappa shape index (κ3) is 2.46. The minimum atomic E-state index is -0.192. The molecule has 0 amide bonds. The zero-order chi connectivity index (χ0) is 12.3. The maximum Gasteiger partial charge on any atom is 0.203 e. The average molecular weight is 233 g/mol. The number of aryl methyl sites for hydroxylation is 1. The van der Waals surface area contributed by atoms with Crippen molar-refractivity contribution in [2.24, 2.45) is 0 Å². The average Bonchev–Trinajstić information content (AvgIpc) is 2.76. The van der Waals surface area contributed by atoms with Gasteiger partial charge in [0.15, 0.2) is 0 Å². The normalized spacial score (nSPS) is 12.4. The van der Waals surface area contributed by atoms with Crippen LogP contribution in [0.25, 0.3) is 0 Å². The quantitative estimate of drug-likeness (QED) is 0.878. The largest absolute Gasteiger partial charge is 0.349 e. The van der Waals surface area contributed by atoms with Gasteiger partial charge >= 0.3 is 0 Å². The highest BCUT2D eigenvalue weighted by molar-refractivity contribution is 5.33. The first-order valence-electron chi connectivity index (χ1n) is 5.74. The Balaban J connectivity index is 2.17. The molecule has 1 aromatic carbocycles. The fraction of sp³-hybridized carbons (Fsp3) is 0.308. The van der Waals surface area contributed by atoms with E-state index in [2.05, 4.69) is 10.3 Å². The van der Waals surface area contributed by atoms with Gasteiger partial charge in [0.2, 0.25) is 5.95 Å². The number of benzene rings is 1. The highest BCUT2D eigenvalue weighted by Crippen LogP contribution is 2.20. The molecule has 1 unspecified atom stereocenters. The fourth-order valence-corrected chi connectivity index (χ4v) is 1.80. The van der Waals surface area contributed by atoms with Crippen LogP contribution in [0.1, 0.15) is 25.5 Å². The molecule has 0 saturated heterocycles. The van der Waals surface area contributed by atoms with Crippen molar-refractivity contribution in [1.29, 1.82) is 0 Å². The number of aromatic nitrogens is 2. The van der Waals surface area contributed by atoms with Crippen molar-refractivity contribution in [2.45, 2.75) is 26.4 Å². The SMILES string of the molecule is CCn1ccnc1NC(C)c1ccccc1F. The van der Waals surface area contributed by atoms with Crippen molar-refractivity contribution in [3.63, 3.8) is 0 Å². The van der Waals surface area contributed by atoms with Crippen LogP contribution >= 0.6 is 0 Å². The van der Waals surface area contributed by atoms with Crippen molar-refractivity contribution in [1.82, 2.24) is 9.55 Å². The van der Waals surface area contributed by atoms with E-state index in [0.29, 0.717) is 5.56 Å². The summed E-state index contributed by atoms with van der Waals surface area (Å²) in [6, 6.07) is 6.68. The first kappa shape index (κ1) is 11.6. The van der Waals surface area contributed by atoms with Gasteiger partial charge in [-0.05, 0) is 19.9 Å². The monoisotopic (exact) mass is 233 g/mol. The molecule has 0 radical (unpaired) electrons. The molecule has 0 saturated carbocycles. The third-order valence-corrected chi connectivity index (χ3v) is 2.77. The number of rotatable bonds is 4. The summed E-state index contributed by atoms with van der Waals surface area (Å²) in [6.07, 6.45) is 3.64. The van der Waals surface area contributed by atoms with Crippen LogP contribution in [0.4, 0.5) is 10.3 Å². The van der Waals surface area contributed by atoms with E-state index in [1.165, 1.54) is 6.07 Å². The Morgan fingerprint density at radius 2 is 2.18 bits per heavy atom. The lowest BCUT2D eigenvalue weighted by molar-refractivity contribution is 0.598. The van der Waals surface area contributed by atoms with Crippen LogP contribution in [0.15, 0.2) is 36.7 Å². The predicted octanol–water partition coefficient (Wildman–Crippen LogP) is 3.22. The maximum absolute atomic E-state index is 13.6. The molecule has 0 bridgehead atoms. The molecule has 17 heavy (non-hydrogen) atoms. The first-order chi connectivity index (χ1) is 8.22. The summed E-state index contributed by atoms with van der Waals surface area (Å²) in [5.74, 6) is 0.574. The molecule has 0 aliphatic rings. The lowest BCUT2D eigenvalue weighted by Crippen LogP contribution is -2.12. The van der Waals surface area contributed by atoms with E-state index in [9.17, 15) is 4.39 Å². The number of imidazole rings is 1. The number of hydrogen-bond donors (Lipinski definition) is 1. The maximum atomic E-state index is 13.6. The van der Waals surface area contributed by atoms with Crippen molar-refractivity contribution < 1.29 is 4.39 Å². The van der Waals surface area contributed by atoms with E-state index in [4.69, 9.17) is 0 Å². The molecule has 0 aliphatic carbocycles. The fourth-order valence-electron chi connectivity index (χ4n) is 1.80. The lowest BCUT2D eigenvalue weighted by atomic mass is 10.1. The molecule has 1 atom stereocenters. The van der Waals surface area contributed by atoms with Gasteiger partial charge in [-0.3, -0.25) is 0 Å². The molecule has 0 spiro atoms. The summed E-state index contributed by atoms with van der Waals surface area (Å²) in [4.78, 5) is 4.21. The minimum absolute atomic E-state index is 0.108. The van der Waals surface area contributed by atoms with Crippen LogP contribution < -0.4 is 5.32 Å². The van der Waals surface area contributed by atoms with Gasteiger partial charge < -0.3 is 9.88 Å². The molecular weight excluding hydrogens is 217 g/mol. The lowest BCUT2D eigenvalue weighted by Gasteiger charge is -2.16. The number of nitrogens with zero attached hydrogens (tertiary/aromatic N) is 2. The van der Waals surface area contributed by atoms with Gasteiger partial charge in [0.1, 0.15) is 5.82 Å². The van der Waals surface area contributed by atoms with E-state index in [-0.39, 0.29) is 11.9 Å². The second kappa shape index (κ2) is 4.99. The number of halogens is 1. The topological polar surface area (TPSA) is 29.9 Å². The van der Waals surface area contributed by atoms with Gasteiger partial charge in [-0.15, -0.1) is 0 Å². The van der Waals surface area contributed by atoms with Gasteiger partial charge in [-0.1, -0.05) is 18.2 Å². The smallest absolute Gasteiger partial charge is 0.203 e. The molecule has 1 N–H and O–H groups in total. The molecule has 4 heteroatoms. The van der Waals surface area contributed by atoms with Crippen LogP contribution in [0.2, 0.25) is 0 Å². The third-order valence-electron chi connectivity index (χ3n) is 2.77. The van der Waals surface area contributed by atoms with Crippen LogP contribution in [0, 0.1) is 5.82 Å². The summed E-state index contributed by atoms with van der Waals surface area (Å²) < 4.78 is 15.6. The van der Waals surface area contributed by atoms with Crippen molar-refractivity contribution >= 4 is 5.95 Å². The molecule has 2 rings (SSSR count). The molecule has 90 valence electrons. The second-order valence-corrected chi connectivity index (χ2v) is 3.92. The van der Waals surface area contributed by atoms with E-state index in [1.54, 1.807) is 18.3 Å². The second-order valence-electron chi connectivity index (χ2n) is 3.92. The summed E-state index contributed by atoms with van der Waals surface area (Å²) in [7, 11) is 0. The Morgan fingerprint density at radius 1 is 1.41 bits per heavy atom. The summed E-state index contributed by atoms with van der Waals surface area (Å²) >= 11 is 0. The van der Waals surface area contributed by atoms with Crippen LogP contribution in [0.3, 0.4) is 0 Å². The Bertz CT molecular complexity index is 493. The van der Waals surface area contributed by atoms with Crippen LogP contribution in [0.5, 0.6) is 0 Å². The van der Waals surface area contributed by atoms with Gasteiger partial charge in [0.25, 0.3) is 0 Å². The molecule has 1 aromatic heterocycles. The zero-order valence-electron chi connectivity index (χ0n) is 10.0. The Morgan fingerprint density at radius 3 is 2.88 bits per heavy atom. The van der Waals surface area contributed by atoms with E-state index in [1.807, 2.05) is 30.7 Å². The summed E-state index contributed by atoms with van der Waals surface area (Å²) in [6.45, 7) is 4.81. The summed E-state index contributed by atoms with van der Waals surface area (Å²) in [5.41, 5.74) is 0.651. The van der Waals surface area contributed by atoms with Gasteiger partial charge in [-0.25, -0.2) is 9.37 Å². The van der Waals surface area contributed by atoms with Crippen LogP contribution in [-0.4, -0.2) is 9.55 Å². The van der Waals surface area contributed by atoms with Crippen LogP contribution in [-0.2, 0) is 6.54 Å². The summed E-state index contributed by atoms with van der Waals surface area (Å²) in [5, 5.41) is 3.21. The molecule has 1 heterocycles. The number of nitrogens with one attached hydrogen (secondary N) is 1. The predicted molar refractivity (Wildman–Crippen MR) is 66.3 cm³/mol. The Hall–Kier alpha value is -1.84. The Kier molecular flexibility index (Phi) is 3.42. The highest BCUT2D eigenvalue weighted by atomic mass is 19.1. The van der Waals surface area contributed by atoms with Crippen molar-refractivity contribution in [3.05, 3.63) is 48.0 Å². The first-order valence-corrected chi connectivity index (χ1v) is 5.74. The molecule has 3 nitrogen and oxygen atoms in total. The molecule has 2 aromatic rings. The van der Waals surface area contributed by atoms with Crippen molar-refractivity contribution in [3.8, 4) is 0 Å². The molecular formula is C13H16FN3. The molecule has 0 aliphatic heterocycles. The highest BCUT2D eigenvalue weighted by Gasteiger charge is 2.11. The minimum Gasteiger partial charge on any atom is -0.349 e. The zero-order valence-corrected chi connectivity index (χ0v) is 10.0. The number of anilines is 1. The van der Waals surface area contributed by atoms with E-state index >= 15 is 0 Å². The number of hydrogen-bond acceptors (Lipinski definition) is 2. The Labute approximate surface area is 100 Å². The van der Waals surface area contributed by atoms with Crippen molar-refractivity contribution in [2.75, 3.05) is 5.32 Å². The molecule has 0 fully saturated rings. The van der Waals surface area contributed by atoms with Gasteiger partial charge in [0, 0.05) is 24.5 Å². The van der Waals surface area contributed by atoms with Gasteiger partial charge in [0.05, 0.1) is 6.04 Å².